The highest BCUT2D eigenvalue weighted by molar-refractivity contribution is 5.90. The zero-order valence-corrected chi connectivity index (χ0v) is 23.5. The van der Waals surface area contributed by atoms with Crippen LogP contribution in [0.4, 0.5) is 10.5 Å². The predicted molar refractivity (Wildman–Crippen MR) is 164 cm³/mol. The maximum atomic E-state index is 14.1. The smallest absolute Gasteiger partial charge is 0.322 e. The van der Waals surface area contributed by atoms with E-state index in [0.29, 0.717) is 59.0 Å². The lowest BCUT2D eigenvalue weighted by Crippen LogP contribution is -2.41. The molecule has 0 fully saturated rings. The number of rotatable bonds is 9. The van der Waals surface area contributed by atoms with Crippen LogP contribution in [0, 0.1) is 11.3 Å². The SMILES string of the molecule is CCOc1ccccc1-n1c(C(C)N(CCc2ccccc2)C(=O)Nc2cccc(C#N)c2)nc2ccccc2c1=O. The van der Waals surface area contributed by atoms with Crippen molar-refractivity contribution < 1.29 is 9.53 Å². The summed E-state index contributed by atoms with van der Waals surface area (Å²) in [7, 11) is 0. The van der Waals surface area contributed by atoms with Crippen LogP contribution in [0.25, 0.3) is 16.6 Å². The van der Waals surface area contributed by atoms with Crippen LogP contribution in [0.1, 0.15) is 36.8 Å². The second-order valence-corrected chi connectivity index (χ2v) is 9.76. The molecule has 0 radical (unpaired) electrons. The summed E-state index contributed by atoms with van der Waals surface area (Å²) in [6.07, 6.45) is 0.587. The Morgan fingerprint density at radius 3 is 2.52 bits per heavy atom. The van der Waals surface area contributed by atoms with E-state index < -0.39 is 6.04 Å². The maximum absolute atomic E-state index is 14.1. The number of ether oxygens (including phenoxy) is 1. The van der Waals surface area contributed by atoms with Gasteiger partial charge in [0.1, 0.15) is 11.6 Å². The van der Waals surface area contributed by atoms with Gasteiger partial charge in [0.25, 0.3) is 5.56 Å². The van der Waals surface area contributed by atoms with Gasteiger partial charge in [0.05, 0.1) is 40.9 Å². The first-order valence-electron chi connectivity index (χ1n) is 13.9. The Balaban J connectivity index is 1.63. The van der Waals surface area contributed by atoms with Crippen molar-refractivity contribution >= 4 is 22.6 Å². The average molecular weight is 558 g/mol. The fourth-order valence-electron chi connectivity index (χ4n) is 4.95. The van der Waals surface area contributed by atoms with Gasteiger partial charge in [-0.3, -0.25) is 9.36 Å². The number of hydrogen-bond acceptors (Lipinski definition) is 5. The van der Waals surface area contributed by atoms with Gasteiger partial charge >= 0.3 is 6.03 Å². The van der Waals surface area contributed by atoms with E-state index in [1.165, 1.54) is 0 Å². The number of nitrogens with zero attached hydrogens (tertiary/aromatic N) is 4. The minimum atomic E-state index is -0.625. The van der Waals surface area contributed by atoms with E-state index in [-0.39, 0.29) is 11.6 Å². The second kappa shape index (κ2) is 12.8. The summed E-state index contributed by atoms with van der Waals surface area (Å²) in [5, 5.41) is 12.7. The van der Waals surface area contributed by atoms with E-state index in [2.05, 4.69) is 11.4 Å². The van der Waals surface area contributed by atoms with Crippen molar-refractivity contribution in [3.8, 4) is 17.5 Å². The zero-order valence-electron chi connectivity index (χ0n) is 23.5. The number of nitrogens with one attached hydrogen (secondary N) is 1. The monoisotopic (exact) mass is 557 g/mol. The summed E-state index contributed by atoms with van der Waals surface area (Å²) in [5.41, 5.74) is 2.85. The van der Waals surface area contributed by atoms with Crippen molar-refractivity contribution in [2.24, 2.45) is 0 Å². The van der Waals surface area contributed by atoms with Gasteiger partial charge in [-0.25, -0.2) is 9.78 Å². The number of urea groups is 1. The van der Waals surface area contributed by atoms with Crippen molar-refractivity contribution in [1.82, 2.24) is 14.5 Å². The lowest BCUT2D eigenvalue weighted by molar-refractivity contribution is 0.190. The summed E-state index contributed by atoms with van der Waals surface area (Å²) < 4.78 is 7.45. The van der Waals surface area contributed by atoms with Crippen LogP contribution in [0.3, 0.4) is 0 Å². The Labute approximate surface area is 244 Å². The number of para-hydroxylation sites is 3. The predicted octanol–water partition coefficient (Wildman–Crippen LogP) is 6.49. The molecule has 0 saturated carbocycles. The van der Waals surface area contributed by atoms with Gasteiger partial charge < -0.3 is 15.0 Å². The summed E-state index contributed by atoms with van der Waals surface area (Å²) in [5.74, 6) is 0.945. The number of anilines is 1. The molecule has 4 aromatic carbocycles. The van der Waals surface area contributed by atoms with Crippen LogP contribution in [0.2, 0.25) is 0 Å². The van der Waals surface area contributed by atoms with Gasteiger partial charge in [-0.15, -0.1) is 0 Å². The molecule has 5 rings (SSSR count). The molecule has 1 atom stereocenters. The van der Waals surface area contributed by atoms with E-state index in [4.69, 9.17) is 9.72 Å². The van der Waals surface area contributed by atoms with Crippen LogP contribution >= 0.6 is 0 Å². The molecule has 8 heteroatoms. The normalized spacial score (nSPS) is 11.5. The Bertz CT molecular complexity index is 1810. The molecule has 0 saturated heterocycles. The van der Waals surface area contributed by atoms with E-state index >= 15 is 0 Å². The molecule has 1 heterocycles. The number of amides is 2. The van der Waals surface area contributed by atoms with Gasteiger partial charge in [-0.05, 0) is 68.3 Å². The van der Waals surface area contributed by atoms with Crippen LogP contribution < -0.4 is 15.6 Å². The molecule has 1 N–H and O–H groups in total. The Morgan fingerprint density at radius 1 is 1.00 bits per heavy atom. The van der Waals surface area contributed by atoms with Crippen LogP contribution in [-0.4, -0.2) is 33.6 Å². The van der Waals surface area contributed by atoms with Gasteiger partial charge in [-0.1, -0.05) is 60.7 Å². The topological polar surface area (TPSA) is 100 Å². The molecule has 42 heavy (non-hydrogen) atoms. The fourth-order valence-corrected chi connectivity index (χ4v) is 4.95. The average Bonchev–Trinajstić information content (AvgIpc) is 3.02. The number of aromatic nitrogens is 2. The van der Waals surface area contributed by atoms with Crippen molar-refractivity contribution in [1.29, 1.82) is 5.26 Å². The van der Waals surface area contributed by atoms with Crippen molar-refractivity contribution in [3.05, 3.63) is 130 Å². The Hall–Kier alpha value is -5.42. The van der Waals surface area contributed by atoms with E-state index in [9.17, 15) is 14.9 Å². The van der Waals surface area contributed by atoms with Crippen LogP contribution in [-0.2, 0) is 6.42 Å². The summed E-state index contributed by atoms with van der Waals surface area (Å²) in [6.45, 7) is 4.53. The molecule has 0 spiro atoms. The minimum absolute atomic E-state index is 0.250. The number of nitriles is 1. The van der Waals surface area contributed by atoms with Crippen molar-refractivity contribution in [3.63, 3.8) is 0 Å². The third kappa shape index (κ3) is 6.01. The maximum Gasteiger partial charge on any atom is 0.322 e. The highest BCUT2D eigenvalue weighted by Gasteiger charge is 2.28. The molecular formula is C34H31N5O3. The van der Waals surface area contributed by atoms with E-state index in [0.717, 1.165) is 5.56 Å². The second-order valence-electron chi connectivity index (χ2n) is 9.76. The molecule has 5 aromatic rings. The third-order valence-corrected chi connectivity index (χ3v) is 7.04. The molecule has 0 aliphatic rings. The largest absolute Gasteiger partial charge is 0.492 e. The molecule has 0 bridgehead atoms. The van der Waals surface area contributed by atoms with E-state index in [1.54, 1.807) is 45.9 Å². The first-order valence-corrected chi connectivity index (χ1v) is 13.9. The van der Waals surface area contributed by atoms with Crippen molar-refractivity contribution in [2.45, 2.75) is 26.3 Å². The Kier molecular flexibility index (Phi) is 8.59. The van der Waals surface area contributed by atoms with Gasteiger partial charge in [0.2, 0.25) is 0 Å². The first kappa shape index (κ1) is 28.1. The molecule has 2 amide bonds. The number of fused-ring (bicyclic) bond motifs is 1. The summed E-state index contributed by atoms with van der Waals surface area (Å²) in [4.78, 5) is 34.6. The van der Waals surface area contributed by atoms with Crippen molar-refractivity contribution in [2.75, 3.05) is 18.5 Å². The standard InChI is InChI=1S/C34H31N5O3/c1-3-42-31-19-10-9-18-30(31)39-32(37-29-17-8-7-16-28(29)33(39)40)24(2)38(21-20-25-12-5-4-6-13-25)34(41)36-27-15-11-14-26(22-27)23-35/h4-19,22,24H,3,20-21H2,1-2H3,(H,36,41). The van der Waals surface area contributed by atoms with Crippen LogP contribution in [0.15, 0.2) is 108 Å². The molecule has 1 aromatic heterocycles. The molecule has 1 unspecified atom stereocenters. The fraction of sp³-hybridized carbons (Fsp3) is 0.176. The molecule has 0 aliphatic heterocycles. The molecule has 210 valence electrons. The number of hydrogen-bond donors (Lipinski definition) is 1. The molecule has 8 nitrogen and oxygen atoms in total. The first-order chi connectivity index (χ1) is 20.5. The summed E-state index contributed by atoms with van der Waals surface area (Å²) in [6, 6.07) is 32.3. The zero-order chi connectivity index (χ0) is 29.5. The van der Waals surface area contributed by atoms with E-state index in [1.807, 2.05) is 80.6 Å². The van der Waals surface area contributed by atoms with Gasteiger partial charge in [0, 0.05) is 12.2 Å². The highest BCUT2D eigenvalue weighted by Crippen LogP contribution is 2.28. The van der Waals surface area contributed by atoms with Crippen LogP contribution in [0.5, 0.6) is 5.75 Å². The third-order valence-electron chi connectivity index (χ3n) is 7.04. The molecular weight excluding hydrogens is 526 g/mol. The number of benzene rings is 4. The summed E-state index contributed by atoms with van der Waals surface area (Å²) >= 11 is 0. The quantitative estimate of drug-likeness (QED) is 0.223. The van der Waals surface area contributed by atoms with Gasteiger partial charge in [0.15, 0.2) is 0 Å². The lowest BCUT2D eigenvalue weighted by atomic mass is 10.1. The Morgan fingerprint density at radius 2 is 1.74 bits per heavy atom. The highest BCUT2D eigenvalue weighted by atomic mass is 16.5. The number of carbonyl (C=O) groups is 1. The molecule has 0 aliphatic carbocycles. The minimum Gasteiger partial charge on any atom is -0.492 e. The number of carbonyl (C=O) groups excluding carboxylic acids is 1. The van der Waals surface area contributed by atoms with Gasteiger partial charge in [-0.2, -0.15) is 5.26 Å². The lowest BCUT2D eigenvalue weighted by Gasteiger charge is -2.31.